The first-order valence-corrected chi connectivity index (χ1v) is 12.8. The molecular formula is C20H19BrN3O11P. The van der Waals surface area contributed by atoms with Crippen LogP contribution >= 0.6 is 23.8 Å². The number of H-pyrrole nitrogens is 1. The molecule has 0 spiro atoms. The summed E-state index contributed by atoms with van der Waals surface area (Å²) in [7, 11) is -4.14. The van der Waals surface area contributed by atoms with E-state index in [-0.39, 0.29) is 30.0 Å². The van der Waals surface area contributed by atoms with Gasteiger partial charge in [-0.2, -0.15) is 0 Å². The van der Waals surface area contributed by atoms with Gasteiger partial charge >= 0.3 is 19.5 Å². The van der Waals surface area contributed by atoms with Gasteiger partial charge < -0.3 is 14.0 Å². The first kappa shape index (κ1) is 26.0. The molecule has 2 aliphatic rings. The van der Waals surface area contributed by atoms with Crippen molar-refractivity contribution in [1.82, 2.24) is 9.55 Å². The van der Waals surface area contributed by atoms with Crippen LogP contribution in [0.2, 0.25) is 0 Å². The van der Waals surface area contributed by atoms with Crippen LogP contribution in [-0.4, -0.2) is 39.3 Å². The van der Waals surface area contributed by atoms with E-state index in [4.69, 9.17) is 23.0 Å². The maximum Gasteiger partial charge on any atom is 0.530 e. The van der Waals surface area contributed by atoms with Gasteiger partial charge in [0.05, 0.1) is 23.7 Å². The summed E-state index contributed by atoms with van der Waals surface area (Å²) >= 11 is 3.07. The number of nitrogens with one attached hydrogen (secondary N) is 1. The van der Waals surface area contributed by atoms with Crippen molar-refractivity contribution < 1.29 is 37.3 Å². The van der Waals surface area contributed by atoms with E-state index in [1.807, 2.05) is 0 Å². The highest BCUT2D eigenvalue weighted by Gasteiger charge is 2.42. The molecule has 0 aliphatic carbocycles. The van der Waals surface area contributed by atoms with Gasteiger partial charge in [-0.1, -0.05) is 15.9 Å². The number of carbonyl (C=O) groups is 1. The van der Waals surface area contributed by atoms with Crippen molar-refractivity contribution in [3.63, 3.8) is 0 Å². The van der Waals surface area contributed by atoms with Crippen molar-refractivity contribution in [1.29, 1.82) is 0 Å². The Kier molecular flexibility index (Phi) is 7.57. The molecule has 16 heteroatoms. The number of phosphoric ester groups is 1. The summed E-state index contributed by atoms with van der Waals surface area (Å²) in [4.78, 5) is 49.9. The molecule has 0 bridgehead atoms. The van der Waals surface area contributed by atoms with Gasteiger partial charge in [-0.25, -0.2) is 9.36 Å². The number of fused-ring (bicyclic) bond motifs is 1. The molecular weight excluding hydrogens is 569 g/mol. The highest BCUT2D eigenvalue weighted by molar-refractivity contribution is 9.11. The third kappa shape index (κ3) is 5.65. The van der Waals surface area contributed by atoms with Crippen molar-refractivity contribution in [2.45, 2.75) is 38.4 Å². The first-order valence-electron chi connectivity index (χ1n) is 10.4. The Hall–Kier alpha value is -3.10. The third-order valence-corrected chi connectivity index (χ3v) is 6.88. The molecule has 36 heavy (non-hydrogen) atoms. The molecule has 3 heterocycles. The fourth-order valence-electron chi connectivity index (χ4n) is 3.66. The van der Waals surface area contributed by atoms with Crippen molar-refractivity contribution >= 4 is 41.5 Å². The van der Waals surface area contributed by atoms with Gasteiger partial charge in [0.2, 0.25) is 0 Å². The van der Waals surface area contributed by atoms with Crippen LogP contribution in [0.4, 0.5) is 5.69 Å². The Morgan fingerprint density at radius 2 is 2.19 bits per heavy atom. The molecule has 192 valence electrons. The van der Waals surface area contributed by atoms with E-state index < -0.39 is 55.0 Å². The smallest absolute Gasteiger partial charge is 0.460 e. The Morgan fingerprint density at radius 3 is 2.89 bits per heavy atom. The standard InChI is InChI=1S/C20H19BrN3O11P/c1-11(25)33-16-7-18(23-8-12(4-5-21)19(26)22-20(23)27)34-17(16)10-32-36(30)31-9-13-6-14(24(28)29)2-3-15(13)35-36/h2-6,8,16-18H,7,9-10H2,1H3,(H,22,26,27)/b5-4+/t16-,17+,18+,36?/m0/s1. The van der Waals surface area contributed by atoms with E-state index in [0.717, 1.165) is 4.57 Å². The quantitative estimate of drug-likeness (QED) is 0.218. The van der Waals surface area contributed by atoms with Crippen LogP contribution in [0, 0.1) is 10.1 Å². The summed E-state index contributed by atoms with van der Waals surface area (Å²) < 4.78 is 41.2. The molecule has 1 aromatic heterocycles. The van der Waals surface area contributed by atoms with E-state index in [9.17, 15) is 29.1 Å². The summed E-state index contributed by atoms with van der Waals surface area (Å²) in [5, 5.41) is 10.9. The van der Waals surface area contributed by atoms with Crippen LogP contribution in [0.3, 0.4) is 0 Å². The molecule has 0 amide bonds. The molecule has 0 saturated carbocycles. The Morgan fingerprint density at radius 1 is 1.42 bits per heavy atom. The lowest BCUT2D eigenvalue weighted by molar-refractivity contribution is -0.385. The van der Waals surface area contributed by atoms with E-state index in [0.29, 0.717) is 5.56 Å². The normalized spacial score (nSPS) is 25.3. The monoisotopic (exact) mass is 587 g/mol. The maximum absolute atomic E-state index is 13.0. The Labute approximate surface area is 210 Å². The number of nitro benzene ring substituents is 1. The van der Waals surface area contributed by atoms with Crippen LogP contribution in [0.1, 0.15) is 30.7 Å². The fraction of sp³-hybridized carbons (Fsp3) is 0.350. The number of benzene rings is 1. The number of carbonyl (C=O) groups excluding carboxylic acids is 1. The van der Waals surface area contributed by atoms with Crippen molar-refractivity contribution in [2.75, 3.05) is 6.61 Å². The second-order valence-corrected chi connectivity index (χ2v) is 9.84. The number of rotatable bonds is 7. The zero-order valence-corrected chi connectivity index (χ0v) is 21.0. The number of ether oxygens (including phenoxy) is 2. The molecule has 1 fully saturated rings. The fourth-order valence-corrected chi connectivity index (χ4v) is 5.18. The number of nitrogens with zero attached hydrogens (tertiary/aromatic N) is 2. The molecule has 2 aromatic rings. The number of hydrogen-bond donors (Lipinski definition) is 1. The van der Waals surface area contributed by atoms with Gasteiger partial charge in [-0.05, 0) is 17.1 Å². The third-order valence-electron chi connectivity index (χ3n) is 5.29. The number of esters is 1. The number of halogens is 1. The highest BCUT2D eigenvalue weighted by atomic mass is 79.9. The van der Waals surface area contributed by atoms with Gasteiger partial charge in [0.25, 0.3) is 11.2 Å². The van der Waals surface area contributed by atoms with E-state index in [1.165, 1.54) is 42.4 Å². The minimum absolute atomic E-state index is 0.0372. The van der Waals surface area contributed by atoms with Gasteiger partial charge in [0, 0.05) is 37.2 Å². The molecule has 1 saturated heterocycles. The molecule has 2 aliphatic heterocycles. The zero-order valence-electron chi connectivity index (χ0n) is 18.5. The van der Waals surface area contributed by atoms with E-state index in [2.05, 4.69) is 20.9 Å². The molecule has 1 N–H and O–H groups in total. The molecule has 4 atom stereocenters. The second-order valence-electron chi connectivity index (χ2n) is 7.71. The van der Waals surface area contributed by atoms with Gasteiger partial charge in [0.15, 0.2) is 0 Å². The first-order chi connectivity index (χ1) is 17.1. The molecule has 1 unspecified atom stereocenters. The topological polar surface area (TPSA) is 178 Å². The number of nitro groups is 1. The number of aromatic amines is 1. The van der Waals surface area contributed by atoms with Crippen LogP contribution in [-0.2, 0) is 34.5 Å². The summed E-state index contributed by atoms with van der Waals surface area (Å²) in [6.07, 6.45) is -0.0233. The summed E-state index contributed by atoms with van der Waals surface area (Å²) in [5.74, 6) is -0.512. The predicted molar refractivity (Wildman–Crippen MR) is 125 cm³/mol. The largest absolute Gasteiger partial charge is 0.530 e. The molecule has 4 rings (SSSR count). The molecule has 1 aromatic carbocycles. The number of phosphoric acid groups is 1. The lowest BCUT2D eigenvalue weighted by Gasteiger charge is -2.26. The van der Waals surface area contributed by atoms with Gasteiger partial charge in [-0.15, -0.1) is 0 Å². The molecule has 0 radical (unpaired) electrons. The van der Waals surface area contributed by atoms with Gasteiger partial charge in [0.1, 0.15) is 24.2 Å². The van der Waals surface area contributed by atoms with Gasteiger partial charge in [-0.3, -0.25) is 38.3 Å². The van der Waals surface area contributed by atoms with E-state index >= 15 is 0 Å². The van der Waals surface area contributed by atoms with E-state index in [1.54, 1.807) is 0 Å². The second kappa shape index (κ2) is 10.5. The lowest BCUT2D eigenvalue weighted by Crippen LogP contribution is -2.33. The Bertz CT molecular complexity index is 1390. The minimum Gasteiger partial charge on any atom is -0.460 e. The van der Waals surface area contributed by atoms with Crippen LogP contribution in [0.5, 0.6) is 5.75 Å². The van der Waals surface area contributed by atoms with Crippen molar-refractivity contribution in [2.24, 2.45) is 0 Å². The zero-order chi connectivity index (χ0) is 26.0. The number of aromatic nitrogens is 2. The van der Waals surface area contributed by atoms with Crippen LogP contribution in [0.15, 0.2) is 39.0 Å². The minimum atomic E-state index is -4.14. The van der Waals surface area contributed by atoms with Crippen LogP contribution < -0.4 is 15.8 Å². The van der Waals surface area contributed by atoms with Crippen molar-refractivity contribution in [3.8, 4) is 5.75 Å². The SMILES string of the molecule is CC(=O)O[C@H]1C[C@H](n2cc(/C=C/Br)c(=O)[nH]c2=O)O[C@@H]1COP1(=O)OCc2cc([N+](=O)[O-])ccc2O1. The summed E-state index contributed by atoms with van der Waals surface area (Å²) in [6.45, 7) is 0.536. The average Bonchev–Trinajstić information content (AvgIpc) is 3.20. The van der Waals surface area contributed by atoms with Crippen LogP contribution in [0.25, 0.3) is 6.08 Å². The average molecular weight is 588 g/mol. The molecule has 14 nitrogen and oxygen atoms in total. The summed E-state index contributed by atoms with van der Waals surface area (Å²) in [5.41, 5.74) is -1.03. The van der Waals surface area contributed by atoms with Crippen molar-refractivity contribution in [3.05, 3.63) is 71.5 Å². The Balaban J connectivity index is 1.50. The summed E-state index contributed by atoms with van der Waals surface area (Å²) in [6, 6.07) is 3.72. The number of non-ortho nitro benzene ring substituents is 1. The predicted octanol–water partition coefficient (Wildman–Crippen LogP) is 2.76. The maximum atomic E-state index is 13.0. The lowest BCUT2D eigenvalue weighted by atomic mass is 10.2. The number of hydrogen-bond acceptors (Lipinski definition) is 11. The highest BCUT2D eigenvalue weighted by Crippen LogP contribution is 2.55.